The van der Waals surface area contributed by atoms with Crippen molar-refractivity contribution in [3.8, 4) is 22.4 Å². The standard InChI is InChI=1S/C19H10ClN3S2/c20-14-7-15(12-2-4-19-17(6-12)23-10-25-19)21-8-13(14)11-1-3-18-16(5-11)22-9-24-18/h1-10H. The van der Waals surface area contributed by atoms with E-state index in [0.717, 1.165) is 33.4 Å². The Kier molecular flexibility index (Phi) is 3.52. The van der Waals surface area contributed by atoms with Crippen LogP contribution in [0.4, 0.5) is 0 Å². The van der Waals surface area contributed by atoms with Crippen LogP contribution < -0.4 is 0 Å². The maximum atomic E-state index is 6.56. The third-order valence-corrected chi connectivity index (χ3v) is 6.05. The van der Waals surface area contributed by atoms with Gasteiger partial charge in [0.25, 0.3) is 0 Å². The lowest BCUT2D eigenvalue weighted by atomic mass is 10.1. The first-order valence-corrected chi connectivity index (χ1v) is 9.74. The van der Waals surface area contributed by atoms with Crippen molar-refractivity contribution in [2.45, 2.75) is 0 Å². The van der Waals surface area contributed by atoms with Crippen LogP contribution in [0.2, 0.25) is 5.02 Å². The van der Waals surface area contributed by atoms with E-state index in [9.17, 15) is 0 Å². The molecule has 0 atom stereocenters. The summed E-state index contributed by atoms with van der Waals surface area (Å²) in [4.78, 5) is 13.4. The molecule has 6 heteroatoms. The van der Waals surface area contributed by atoms with Crippen molar-refractivity contribution in [3.63, 3.8) is 0 Å². The number of fused-ring (bicyclic) bond motifs is 2. The molecule has 0 spiro atoms. The number of hydrogen-bond acceptors (Lipinski definition) is 5. The Morgan fingerprint density at radius 1 is 0.720 bits per heavy atom. The van der Waals surface area contributed by atoms with E-state index in [0.29, 0.717) is 5.02 Å². The largest absolute Gasteiger partial charge is 0.256 e. The fourth-order valence-electron chi connectivity index (χ4n) is 2.84. The number of halogens is 1. The lowest BCUT2D eigenvalue weighted by molar-refractivity contribution is 1.33. The van der Waals surface area contributed by atoms with Crippen molar-refractivity contribution < 1.29 is 0 Å². The molecule has 0 saturated carbocycles. The van der Waals surface area contributed by atoms with Gasteiger partial charge in [-0.3, -0.25) is 4.98 Å². The highest BCUT2D eigenvalue weighted by molar-refractivity contribution is 7.17. The van der Waals surface area contributed by atoms with Crippen molar-refractivity contribution in [2.24, 2.45) is 0 Å². The van der Waals surface area contributed by atoms with Crippen LogP contribution in [-0.2, 0) is 0 Å². The summed E-state index contributed by atoms with van der Waals surface area (Å²) in [6, 6.07) is 14.3. The molecule has 5 aromatic rings. The topological polar surface area (TPSA) is 38.7 Å². The van der Waals surface area contributed by atoms with E-state index < -0.39 is 0 Å². The molecule has 0 aliphatic carbocycles. The van der Waals surface area contributed by atoms with Crippen LogP contribution in [0.1, 0.15) is 0 Å². The van der Waals surface area contributed by atoms with Gasteiger partial charge in [0.05, 0.1) is 42.2 Å². The number of nitrogens with zero attached hydrogens (tertiary/aromatic N) is 3. The Balaban J connectivity index is 1.59. The maximum absolute atomic E-state index is 6.56. The van der Waals surface area contributed by atoms with Crippen LogP contribution in [0.15, 0.2) is 59.7 Å². The fourth-order valence-corrected chi connectivity index (χ4v) is 4.42. The van der Waals surface area contributed by atoms with E-state index in [1.807, 2.05) is 29.4 Å². The second-order valence-electron chi connectivity index (χ2n) is 5.62. The molecule has 2 aromatic carbocycles. The van der Waals surface area contributed by atoms with Gasteiger partial charge < -0.3 is 0 Å². The van der Waals surface area contributed by atoms with E-state index in [1.165, 1.54) is 9.40 Å². The number of rotatable bonds is 2. The Morgan fingerprint density at radius 2 is 1.36 bits per heavy atom. The van der Waals surface area contributed by atoms with E-state index in [4.69, 9.17) is 11.6 Å². The summed E-state index contributed by atoms with van der Waals surface area (Å²) in [5, 5.41) is 0.679. The third-order valence-electron chi connectivity index (χ3n) is 4.12. The molecule has 25 heavy (non-hydrogen) atoms. The molecule has 0 radical (unpaired) electrons. The Bertz CT molecular complexity index is 1230. The first kappa shape index (κ1) is 15.0. The highest BCUT2D eigenvalue weighted by Gasteiger charge is 2.10. The Hall–Kier alpha value is -2.34. The lowest BCUT2D eigenvalue weighted by Gasteiger charge is -2.07. The minimum atomic E-state index is 0.679. The molecule has 0 bridgehead atoms. The number of thiazole rings is 2. The zero-order chi connectivity index (χ0) is 16.8. The molecule has 3 nitrogen and oxygen atoms in total. The Labute approximate surface area is 156 Å². The molecule has 3 aromatic heterocycles. The Morgan fingerprint density at radius 3 is 2.04 bits per heavy atom. The number of aromatic nitrogens is 3. The van der Waals surface area contributed by atoms with Gasteiger partial charge in [0.1, 0.15) is 0 Å². The first-order valence-electron chi connectivity index (χ1n) is 7.61. The van der Waals surface area contributed by atoms with Crippen LogP contribution >= 0.6 is 34.3 Å². The zero-order valence-electron chi connectivity index (χ0n) is 12.8. The molecular formula is C19H10ClN3S2. The van der Waals surface area contributed by atoms with Gasteiger partial charge >= 0.3 is 0 Å². The molecule has 0 aliphatic heterocycles. The smallest absolute Gasteiger partial charge is 0.0818 e. The van der Waals surface area contributed by atoms with E-state index in [-0.39, 0.29) is 0 Å². The molecular weight excluding hydrogens is 370 g/mol. The highest BCUT2D eigenvalue weighted by atomic mass is 35.5. The second-order valence-corrected chi connectivity index (χ2v) is 7.80. The van der Waals surface area contributed by atoms with Crippen molar-refractivity contribution in [3.05, 3.63) is 64.7 Å². The van der Waals surface area contributed by atoms with E-state index in [1.54, 1.807) is 22.7 Å². The minimum Gasteiger partial charge on any atom is -0.256 e. The van der Waals surface area contributed by atoms with Gasteiger partial charge in [0.15, 0.2) is 0 Å². The van der Waals surface area contributed by atoms with E-state index >= 15 is 0 Å². The normalized spacial score (nSPS) is 11.4. The van der Waals surface area contributed by atoms with Crippen molar-refractivity contribution in [2.75, 3.05) is 0 Å². The number of hydrogen-bond donors (Lipinski definition) is 0. The minimum absolute atomic E-state index is 0.679. The van der Waals surface area contributed by atoms with Crippen LogP contribution in [0.5, 0.6) is 0 Å². The van der Waals surface area contributed by atoms with Gasteiger partial charge in [0, 0.05) is 17.3 Å². The maximum Gasteiger partial charge on any atom is 0.0818 e. The van der Waals surface area contributed by atoms with Gasteiger partial charge in [-0.25, -0.2) is 9.97 Å². The van der Waals surface area contributed by atoms with Gasteiger partial charge in [-0.15, -0.1) is 22.7 Å². The summed E-state index contributed by atoms with van der Waals surface area (Å²) >= 11 is 9.83. The number of benzene rings is 2. The molecule has 5 rings (SSSR count). The van der Waals surface area contributed by atoms with Gasteiger partial charge in [-0.05, 0) is 35.9 Å². The molecule has 3 heterocycles. The quantitative estimate of drug-likeness (QED) is 0.362. The van der Waals surface area contributed by atoms with Crippen molar-refractivity contribution in [1.29, 1.82) is 0 Å². The zero-order valence-corrected chi connectivity index (χ0v) is 15.2. The van der Waals surface area contributed by atoms with Gasteiger partial charge in [-0.1, -0.05) is 23.7 Å². The fraction of sp³-hybridized carbons (Fsp3) is 0. The summed E-state index contributed by atoms with van der Waals surface area (Å²) in [6.07, 6.45) is 1.83. The molecule has 120 valence electrons. The summed E-state index contributed by atoms with van der Waals surface area (Å²) in [5.41, 5.74) is 9.47. The first-order chi connectivity index (χ1) is 12.3. The van der Waals surface area contributed by atoms with Crippen molar-refractivity contribution in [1.82, 2.24) is 15.0 Å². The second kappa shape index (κ2) is 5.88. The number of pyridine rings is 1. The lowest BCUT2D eigenvalue weighted by Crippen LogP contribution is -1.87. The van der Waals surface area contributed by atoms with E-state index in [2.05, 4.69) is 45.3 Å². The van der Waals surface area contributed by atoms with Crippen LogP contribution in [0, 0.1) is 0 Å². The van der Waals surface area contributed by atoms with Crippen molar-refractivity contribution >= 4 is 54.7 Å². The molecule has 0 amide bonds. The monoisotopic (exact) mass is 379 g/mol. The summed E-state index contributed by atoms with van der Waals surface area (Å²) in [6.45, 7) is 0. The highest BCUT2D eigenvalue weighted by Crippen LogP contribution is 2.33. The molecule has 0 fully saturated rings. The van der Waals surface area contributed by atoms with Crippen LogP contribution in [0.3, 0.4) is 0 Å². The van der Waals surface area contributed by atoms with Crippen LogP contribution in [0.25, 0.3) is 42.8 Å². The van der Waals surface area contributed by atoms with Gasteiger partial charge in [0.2, 0.25) is 0 Å². The third kappa shape index (κ3) is 2.61. The predicted molar refractivity (Wildman–Crippen MR) is 106 cm³/mol. The average molecular weight is 380 g/mol. The summed E-state index contributed by atoms with van der Waals surface area (Å²) in [5.74, 6) is 0. The SMILES string of the molecule is Clc1cc(-c2ccc3scnc3c2)ncc1-c1ccc2scnc2c1. The average Bonchev–Trinajstić information content (AvgIpc) is 3.29. The molecule has 0 saturated heterocycles. The van der Waals surface area contributed by atoms with Crippen LogP contribution in [-0.4, -0.2) is 15.0 Å². The molecule has 0 N–H and O–H groups in total. The predicted octanol–water partition coefficient (Wildman–Crippen LogP) is 6.29. The molecule has 0 aliphatic rings. The summed E-state index contributed by atoms with van der Waals surface area (Å²) < 4.78 is 2.34. The molecule has 0 unspecified atom stereocenters. The van der Waals surface area contributed by atoms with Gasteiger partial charge in [-0.2, -0.15) is 0 Å². The summed E-state index contributed by atoms with van der Waals surface area (Å²) in [7, 11) is 0.